The molecule has 1 amide bonds. The molecule has 1 saturated heterocycles. The quantitative estimate of drug-likeness (QED) is 0.897. The van der Waals surface area contributed by atoms with E-state index in [0.29, 0.717) is 30.8 Å². The van der Waals surface area contributed by atoms with Crippen molar-refractivity contribution in [2.45, 2.75) is 13.0 Å². The molecule has 2 aromatic carbocycles. The Morgan fingerprint density at radius 2 is 2.00 bits per heavy atom. The molecule has 2 aromatic rings. The van der Waals surface area contributed by atoms with E-state index >= 15 is 0 Å². The second-order valence-corrected chi connectivity index (χ2v) is 5.74. The van der Waals surface area contributed by atoms with Crippen LogP contribution >= 0.6 is 12.4 Å². The fourth-order valence-corrected chi connectivity index (χ4v) is 2.85. The highest BCUT2D eigenvalue weighted by Gasteiger charge is 2.29. The fraction of sp³-hybridized carbons (Fsp3) is 0.278. The predicted octanol–water partition coefficient (Wildman–Crippen LogP) is 3.48. The van der Waals surface area contributed by atoms with Crippen LogP contribution in [0.25, 0.3) is 0 Å². The van der Waals surface area contributed by atoms with Crippen molar-refractivity contribution in [3.05, 3.63) is 70.8 Å². The van der Waals surface area contributed by atoms with Gasteiger partial charge in [-0.15, -0.1) is 12.4 Å². The summed E-state index contributed by atoms with van der Waals surface area (Å²) >= 11 is 0. The molecule has 3 nitrogen and oxygen atoms in total. The zero-order chi connectivity index (χ0) is 16.4. The van der Waals surface area contributed by atoms with Gasteiger partial charge in [-0.2, -0.15) is 0 Å². The SMILES string of the molecule is Cc1ccc(C(=O)N2CCNCC2c2cccc(F)c2)cc1F.Cl. The van der Waals surface area contributed by atoms with Crippen LogP contribution in [0.2, 0.25) is 0 Å². The first kappa shape index (κ1) is 18.4. The molecule has 1 aliphatic heterocycles. The number of halogens is 3. The maximum absolute atomic E-state index is 13.7. The summed E-state index contributed by atoms with van der Waals surface area (Å²) in [6.45, 7) is 3.36. The molecule has 0 spiro atoms. The molecule has 1 atom stereocenters. The zero-order valence-electron chi connectivity index (χ0n) is 13.3. The molecule has 0 radical (unpaired) electrons. The lowest BCUT2D eigenvalue weighted by molar-refractivity contribution is 0.0633. The van der Waals surface area contributed by atoms with Crippen molar-refractivity contribution in [2.75, 3.05) is 19.6 Å². The van der Waals surface area contributed by atoms with E-state index in [9.17, 15) is 13.6 Å². The van der Waals surface area contributed by atoms with Crippen molar-refractivity contribution in [3.63, 3.8) is 0 Å². The van der Waals surface area contributed by atoms with E-state index in [4.69, 9.17) is 0 Å². The van der Waals surface area contributed by atoms with Gasteiger partial charge < -0.3 is 10.2 Å². The number of amides is 1. The second kappa shape index (κ2) is 7.73. The van der Waals surface area contributed by atoms with Crippen LogP contribution in [0.4, 0.5) is 8.78 Å². The van der Waals surface area contributed by atoms with Gasteiger partial charge in [-0.3, -0.25) is 4.79 Å². The lowest BCUT2D eigenvalue weighted by atomic mass is 10.0. The molecule has 1 aliphatic rings. The molecular formula is C18H19ClF2N2O. The maximum atomic E-state index is 13.7. The number of carbonyl (C=O) groups excluding carboxylic acids is 1. The van der Waals surface area contributed by atoms with Crippen molar-refractivity contribution in [2.24, 2.45) is 0 Å². The summed E-state index contributed by atoms with van der Waals surface area (Å²) in [4.78, 5) is 14.4. The second-order valence-electron chi connectivity index (χ2n) is 5.74. The number of benzene rings is 2. The number of piperazine rings is 1. The summed E-state index contributed by atoms with van der Waals surface area (Å²) in [7, 11) is 0. The molecule has 0 bridgehead atoms. The van der Waals surface area contributed by atoms with Crippen molar-refractivity contribution in [1.82, 2.24) is 10.2 Å². The monoisotopic (exact) mass is 352 g/mol. The average Bonchev–Trinajstić information content (AvgIpc) is 2.57. The first-order chi connectivity index (χ1) is 11.1. The van der Waals surface area contributed by atoms with E-state index in [1.54, 1.807) is 36.1 Å². The lowest BCUT2D eigenvalue weighted by Crippen LogP contribution is -2.48. The Balaban J connectivity index is 0.00000208. The zero-order valence-corrected chi connectivity index (χ0v) is 14.1. The molecule has 128 valence electrons. The third-order valence-electron chi connectivity index (χ3n) is 4.16. The molecule has 0 aromatic heterocycles. The van der Waals surface area contributed by atoms with E-state index in [-0.39, 0.29) is 30.2 Å². The van der Waals surface area contributed by atoms with Crippen LogP contribution in [0.3, 0.4) is 0 Å². The highest BCUT2D eigenvalue weighted by Crippen LogP contribution is 2.25. The van der Waals surface area contributed by atoms with Crippen LogP contribution in [-0.2, 0) is 0 Å². The summed E-state index contributed by atoms with van der Waals surface area (Å²) in [5.74, 6) is -0.963. The smallest absolute Gasteiger partial charge is 0.254 e. The Morgan fingerprint density at radius 3 is 2.71 bits per heavy atom. The van der Waals surface area contributed by atoms with Crippen LogP contribution < -0.4 is 5.32 Å². The van der Waals surface area contributed by atoms with E-state index in [0.717, 1.165) is 5.56 Å². The van der Waals surface area contributed by atoms with E-state index in [1.165, 1.54) is 18.2 Å². The third-order valence-corrected chi connectivity index (χ3v) is 4.16. The number of aryl methyl sites for hydroxylation is 1. The van der Waals surface area contributed by atoms with Gasteiger partial charge >= 0.3 is 0 Å². The van der Waals surface area contributed by atoms with Gasteiger partial charge in [0.2, 0.25) is 0 Å². The van der Waals surface area contributed by atoms with E-state index < -0.39 is 5.82 Å². The number of carbonyl (C=O) groups is 1. The topological polar surface area (TPSA) is 32.3 Å². The van der Waals surface area contributed by atoms with Crippen LogP contribution in [0.1, 0.15) is 27.5 Å². The third kappa shape index (κ3) is 3.74. The summed E-state index contributed by atoms with van der Waals surface area (Å²) in [6, 6.07) is 10.5. The van der Waals surface area contributed by atoms with Gasteiger partial charge in [0.15, 0.2) is 0 Å². The number of nitrogens with zero attached hydrogens (tertiary/aromatic N) is 1. The molecular weight excluding hydrogens is 334 g/mol. The Kier molecular flexibility index (Phi) is 5.91. The van der Waals surface area contributed by atoms with Crippen molar-refractivity contribution < 1.29 is 13.6 Å². The molecule has 24 heavy (non-hydrogen) atoms. The van der Waals surface area contributed by atoms with Crippen molar-refractivity contribution >= 4 is 18.3 Å². The molecule has 6 heteroatoms. The summed E-state index contributed by atoms with van der Waals surface area (Å²) in [5.41, 5.74) is 1.55. The van der Waals surface area contributed by atoms with Gasteiger partial charge in [0, 0.05) is 25.2 Å². The summed E-state index contributed by atoms with van der Waals surface area (Å²) in [5, 5.41) is 3.22. The van der Waals surface area contributed by atoms with Gasteiger partial charge in [0.25, 0.3) is 5.91 Å². The van der Waals surface area contributed by atoms with E-state index in [1.807, 2.05) is 0 Å². The molecule has 3 rings (SSSR count). The molecule has 1 fully saturated rings. The minimum atomic E-state index is -0.395. The van der Waals surface area contributed by atoms with Crippen molar-refractivity contribution in [3.8, 4) is 0 Å². The highest BCUT2D eigenvalue weighted by atomic mass is 35.5. The first-order valence-electron chi connectivity index (χ1n) is 7.59. The highest BCUT2D eigenvalue weighted by molar-refractivity contribution is 5.94. The number of hydrogen-bond donors (Lipinski definition) is 1. The minimum Gasteiger partial charge on any atom is -0.329 e. The molecule has 0 saturated carbocycles. The fourth-order valence-electron chi connectivity index (χ4n) is 2.85. The van der Waals surface area contributed by atoms with Crippen LogP contribution in [0, 0.1) is 18.6 Å². The van der Waals surface area contributed by atoms with E-state index in [2.05, 4.69) is 5.32 Å². The predicted molar refractivity (Wildman–Crippen MR) is 91.4 cm³/mol. The normalized spacial score (nSPS) is 17.3. The van der Waals surface area contributed by atoms with Gasteiger partial charge in [0.1, 0.15) is 11.6 Å². The summed E-state index contributed by atoms with van der Waals surface area (Å²) in [6.07, 6.45) is 0. The Hall–Kier alpha value is -1.98. The number of nitrogens with one attached hydrogen (secondary N) is 1. The molecule has 1 N–H and O–H groups in total. The molecule has 1 heterocycles. The van der Waals surface area contributed by atoms with Gasteiger partial charge in [-0.25, -0.2) is 8.78 Å². The van der Waals surface area contributed by atoms with Crippen LogP contribution in [0.5, 0.6) is 0 Å². The number of hydrogen-bond acceptors (Lipinski definition) is 2. The maximum Gasteiger partial charge on any atom is 0.254 e. The Labute approximate surface area is 146 Å². The Morgan fingerprint density at radius 1 is 1.21 bits per heavy atom. The largest absolute Gasteiger partial charge is 0.329 e. The Bertz CT molecular complexity index is 739. The number of rotatable bonds is 2. The van der Waals surface area contributed by atoms with Gasteiger partial charge in [-0.05, 0) is 42.3 Å². The first-order valence-corrected chi connectivity index (χ1v) is 7.59. The average molecular weight is 353 g/mol. The lowest BCUT2D eigenvalue weighted by Gasteiger charge is -2.36. The minimum absolute atomic E-state index is 0. The summed E-state index contributed by atoms with van der Waals surface area (Å²) < 4.78 is 27.2. The van der Waals surface area contributed by atoms with Gasteiger partial charge in [-0.1, -0.05) is 18.2 Å². The van der Waals surface area contributed by atoms with Gasteiger partial charge in [0.05, 0.1) is 6.04 Å². The standard InChI is InChI=1S/C18H18F2N2O.ClH/c1-12-5-6-14(10-16(12)20)18(23)22-8-7-21-11-17(22)13-3-2-4-15(19)9-13;/h2-6,9-10,17,21H,7-8,11H2,1H3;1H. The van der Waals surface area contributed by atoms with Crippen molar-refractivity contribution in [1.29, 1.82) is 0 Å². The molecule has 0 aliphatic carbocycles. The van der Waals surface area contributed by atoms with Crippen LogP contribution in [-0.4, -0.2) is 30.4 Å². The van der Waals surface area contributed by atoms with Crippen LogP contribution in [0.15, 0.2) is 42.5 Å². The molecule has 1 unspecified atom stereocenters.